The second kappa shape index (κ2) is 9.02. The molecule has 2 N–H and O–H groups in total. The largest absolute Gasteiger partial charge is 0.348 e. The van der Waals surface area contributed by atoms with E-state index >= 15 is 0 Å². The molecule has 7 heteroatoms. The number of rotatable bonds is 6. The van der Waals surface area contributed by atoms with Gasteiger partial charge in [0, 0.05) is 46.7 Å². The summed E-state index contributed by atoms with van der Waals surface area (Å²) in [6.07, 6.45) is 4.49. The molecule has 1 atom stereocenters. The van der Waals surface area contributed by atoms with Crippen molar-refractivity contribution < 1.29 is 4.79 Å². The number of nitrogens with zero attached hydrogens (tertiary/aromatic N) is 3. The molecular formula is C26H29N5O2. The Morgan fingerprint density at radius 2 is 1.91 bits per heavy atom. The molecule has 1 amide bonds. The van der Waals surface area contributed by atoms with Crippen molar-refractivity contribution in [3.63, 3.8) is 0 Å². The predicted molar refractivity (Wildman–Crippen MR) is 130 cm³/mol. The third kappa shape index (κ3) is 4.44. The number of H-pyrrole nitrogens is 1. The maximum absolute atomic E-state index is 13.3. The average Bonchev–Trinajstić information content (AvgIpc) is 3.21. The van der Waals surface area contributed by atoms with Crippen LogP contribution >= 0.6 is 0 Å². The molecule has 1 aromatic carbocycles. The highest BCUT2D eigenvalue weighted by Crippen LogP contribution is 2.30. The van der Waals surface area contributed by atoms with Crippen molar-refractivity contribution >= 4 is 16.8 Å². The number of carbonyl (C=O) groups excluding carboxylic acids is 1. The Balaban J connectivity index is 1.77. The monoisotopic (exact) mass is 443 g/mol. The summed E-state index contributed by atoms with van der Waals surface area (Å²) in [5.74, 6) is -0.245. The Morgan fingerprint density at radius 3 is 2.58 bits per heavy atom. The lowest BCUT2D eigenvalue weighted by molar-refractivity contribution is 0.0952. The van der Waals surface area contributed by atoms with E-state index in [0.717, 1.165) is 45.4 Å². The molecule has 0 aliphatic heterocycles. The highest BCUT2D eigenvalue weighted by molar-refractivity contribution is 6.08. The standard InChI is InChI=1S/C26H29N5O2/c1-6-18(5)31-24-11-20(19-8-7-16(3)27-12-19)10-21(23(24)14-29-31)25(32)28-13-22-15(2)9-17(4)30-26(22)33/h7-12,14,18H,6,13H2,1-5H3,(H,28,32)(H,30,33). The summed E-state index contributed by atoms with van der Waals surface area (Å²) in [7, 11) is 0. The summed E-state index contributed by atoms with van der Waals surface area (Å²) in [6.45, 7) is 10.0. The fraction of sp³-hybridized carbons (Fsp3) is 0.308. The Kier molecular flexibility index (Phi) is 6.14. The molecule has 0 saturated carbocycles. The highest BCUT2D eigenvalue weighted by atomic mass is 16.1. The number of carbonyl (C=O) groups is 1. The van der Waals surface area contributed by atoms with Gasteiger partial charge in [-0.1, -0.05) is 13.0 Å². The minimum Gasteiger partial charge on any atom is -0.348 e. The third-order valence-electron chi connectivity index (χ3n) is 6.13. The molecule has 4 rings (SSSR count). The quantitative estimate of drug-likeness (QED) is 0.455. The molecule has 1 unspecified atom stereocenters. The van der Waals surface area contributed by atoms with Gasteiger partial charge < -0.3 is 10.3 Å². The molecule has 4 aromatic rings. The lowest BCUT2D eigenvalue weighted by Crippen LogP contribution is -2.28. The van der Waals surface area contributed by atoms with Gasteiger partial charge in [-0.2, -0.15) is 5.10 Å². The van der Waals surface area contributed by atoms with Crippen LogP contribution in [-0.4, -0.2) is 25.7 Å². The van der Waals surface area contributed by atoms with Crippen LogP contribution in [0, 0.1) is 20.8 Å². The molecule has 0 radical (unpaired) electrons. The Bertz CT molecular complexity index is 1380. The van der Waals surface area contributed by atoms with Gasteiger partial charge in [0.25, 0.3) is 11.5 Å². The van der Waals surface area contributed by atoms with E-state index < -0.39 is 0 Å². The van der Waals surface area contributed by atoms with E-state index in [0.29, 0.717) is 11.1 Å². The number of pyridine rings is 2. The van der Waals surface area contributed by atoms with Crippen LogP contribution in [0.1, 0.15) is 59.2 Å². The van der Waals surface area contributed by atoms with Crippen molar-refractivity contribution in [2.75, 3.05) is 0 Å². The van der Waals surface area contributed by atoms with Crippen molar-refractivity contribution in [2.45, 2.75) is 53.6 Å². The van der Waals surface area contributed by atoms with Crippen LogP contribution in [0.2, 0.25) is 0 Å². The number of aromatic nitrogens is 4. The Labute approximate surface area is 192 Å². The normalized spacial score (nSPS) is 12.2. The Morgan fingerprint density at radius 1 is 1.12 bits per heavy atom. The van der Waals surface area contributed by atoms with Gasteiger partial charge >= 0.3 is 0 Å². The van der Waals surface area contributed by atoms with E-state index in [1.165, 1.54) is 0 Å². The van der Waals surface area contributed by atoms with Crippen LogP contribution in [0.25, 0.3) is 22.0 Å². The van der Waals surface area contributed by atoms with Crippen LogP contribution in [0.4, 0.5) is 0 Å². The SMILES string of the molecule is CCC(C)n1ncc2c(C(=O)NCc3c(C)cc(C)[nH]c3=O)cc(-c3ccc(C)nc3)cc21. The zero-order valence-electron chi connectivity index (χ0n) is 19.7. The summed E-state index contributed by atoms with van der Waals surface area (Å²) < 4.78 is 1.96. The zero-order valence-corrected chi connectivity index (χ0v) is 19.7. The van der Waals surface area contributed by atoms with Crippen molar-refractivity contribution in [3.05, 3.63) is 81.2 Å². The van der Waals surface area contributed by atoms with E-state index in [-0.39, 0.29) is 24.1 Å². The summed E-state index contributed by atoms with van der Waals surface area (Å²) in [5.41, 5.74) is 6.21. The van der Waals surface area contributed by atoms with Gasteiger partial charge in [-0.3, -0.25) is 19.3 Å². The number of amides is 1. The van der Waals surface area contributed by atoms with Crippen molar-refractivity contribution in [3.8, 4) is 11.1 Å². The fourth-order valence-corrected chi connectivity index (χ4v) is 4.03. The molecular weight excluding hydrogens is 414 g/mol. The fourth-order valence-electron chi connectivity index (χ4n) is 4.03. The van der Waals surface area contributed by atoms with Gasteiger partial charge in [0.05, 0.1) is 17.3 Å². The maximum Gasteiger partial charge on any atom is 0.253 e. The number of aryl methyl sites for hydroxylation is 3. The molecule has 3 aromatic heterocycles. The Hall–Kier alpha value is -3.74. The molecule has 0 saturated heterocycles. The molecule has 0 bridgehead atoms. The maximum atomic E-state index is 13.3. The lowest BCUT2D eigenvalue weighted by Gasteiger charge is -2.14. The first-order chi connectivity index (χ1) is 15.8. The van der Waals surface area contributed by atoms with Crippen LogP contribution < -0.4 is 10.9 Å². The molecule has 33 heavy (non-hydrogen) atoms. The van der Waals surface area contributed by atoms with Crippen molar-refractivity contribution in [1.82, 2.24) is 25.1 Å². The number of benzene rings is 1. The van der Waals surface area contributed by atoms with Crippen LogP contribution in [0.15, 0.2) is 47.5 Å². The van der Waals surface area contributed by atoms with Crippen LogP contribution in [0.5, 0.6) is 0 Å². The third-order valence-corrected chi connectivity index (χ3v) is 6.13. The summed E-state index contributed by atoms with van der Waals surface area (Å²) in [4.78, 5) is 32.9. The van der Waals surface area contributed by atoms with Crippen molar-refractivity contribution in [2.24, 2.45) is 0 Å². The molecule has 0 aliphatic rings. The first-order valence-electron chi connectivity index (χ1n) is 11.2. The molecule has 170 valence electrons. The molecule has 3 heterocycles. The topological polar surface area (TPSA) is 92.7 Å². The van der Waals surface area contributed by atoms with Crippen molar-refractivity contribution in [1.29, 1.82) is 0 Å². The summed E-state index contributed by atoms with van der Waals surface area (Å²) in [6, 6.07) is 9.99. The second-order valence-electron chi connectivity index (χ2n) is 8.62. The minimum atomic E-state index is -0.245. The molecule has 0 fully saturated rings. The molecule has 7 nitrogen and oxygen atoms in total. The minimum absolute atomic E-state index is 0.150. The van der Waals surface area contributed by atoms with Gasteiger partial charge in [-0.25, -0.2) is 0 Å². The first-order valence-corrected chi connectivity index (χ1v) is 11.2. The van der Waals surface area contributed by atoms with Gasteiger partial charge in [-0.05, 0) is 69.5 Å². The lowest BCUT2D eigenvalue weighted by atomic mass is 10.00. The van der Waals surface area contributed by atoms with E-state index in [4.69, 9.17) is 0 Å². The van der Waals surface area contributed by atoms with Gasteiger partial charge in [0.2, 0.25) is 0 Å². The van der Waals surface area contributed by atoms with E-state index in [9.17, 15) is 9.59 Å². The number of fused-ring (bicyclic) bond motifs is 1. The van der Waals surface area contributed by atoms with Gasteiger partial charge in [0.1, 0.15) is 0 Å². The van der Waals surface area contributed by atoms with Crippen LogP contribution in [-0.2, 0) is 6.54 Å². The smallest absolute Gasteiger partial charge is 0.253 e. The summed E-state index contributed by atoms with van der Waals surface area (Å²) >= 11 is 0. The number of aromatic amines is 1. The number of hydrogen-bond donors (Lipinski definition) is 2. The van der Waals surface area contributed by atoms with E-state index in [1.807, 2.05) is 55.9 Å². The zero-order chi connectivity index (χ0) is 23.7. The van der Waals surface area contributed by atoms with E-state index in [1.54, 1.807) is 6.20 Å². The van der Waals surface area contributed by atoms with Crippen LogP contribution in [0.3, 0.4) is 0 Å². The number of nitrogens with one attached hydrogen (secondary N) is 2. The number of hydrogen-bond acceptors (Lipinski definition) is 4. The predicted octanol–water partition coefficient (Wildman–Crippen LogP) is 4.61. The second-order valence-corrected chi connectivity index (χ2v) is 8.62. The van der Waals surface area contributed by atoms with Gasteiger partial charge in [-0.15, -0.1) is 0 Å². The highest BCUT2D eigenvalue weighted by Gasteiger charge is 2.18. The van der Waals surface area contributed by atoms with Gasteiger partial charge in [0.15, 0.2) is 0 Å². The molecule has 0 spiro atoms. The average molecular weight is 444 g/mol. The first kappa shape index (κ1) is 22.5. The summed E-state index contributed by atoms with van der Waals surface area (Å²) in [5, 5.41) is 8.30. The van der Waals surface area contributed by atoms with E-state index in [2.05, 4.69) is 40.3 Å². The molecule has 0 aliphatic carbocycles.